The number of hydrogen-bond donors (Lipinski definition) is 1. The summed E-state index contributed by atoms with van der Waals surface area (Å²) in [6, 6.07) is 17.2. The number of esters is 1. The highest BCUT2D eigenvalue weighted by Crippen LogP contribution is 2.57. The van der Waals surface area contributed by atoms with Gasteiger partial charge in [-0.3, -0.25) is 0 Å². The average Bonchev–Trinajstić information content (AvgIpc) is 3.71. The Morgan fingerprint density at radius 2 is 1.68 bits per heavy atom. The molecule has 230 valence electrons. The molecular formula is C36H42N4O4. The number of aromatic amines is 1. The van der Waals surface area contributed by atoms with Gasteiger partial charge < -0.3 is 19.3 Å². The molecule has 0 spiro atoms. The fourth-order valence-electron chi connectivity index (χ4n) is 8.98. The van der Waals surface area contributed by atoms with E-state index in [9.17, 15) is 4.79 Å². The number of hydrogen-bond acceptors (Lipinski definition) is 7. The minimum absolute atomic E-state index is 0.00164. The van der Waals surface area contributed by atoms with E-state index in [0.29, 0.717) is 18.1 Å². The summed E-state index contributed by atoms with van der Waals surface area (Å²) in [5.74, 6) is 4.28. The van der Waals surface area contributed by atoms with Crippen molar-refractivity contribution >= 4 is 18.2 Å². The molecule has 9 rings (SSSR count). The predicted molar refractivity (Wildman–Crippen MR) is 167 cm³/mol. The lowest BCUT2D eigenvalue weighted by molar-refractivity contribution is -0.169. The molecule has 2 aromatic carbocycles. The molecule has 1 unspecified atom stereocenters. The highest BCUT2D eigenvalue weighted by Gasteiger charge is 2.52. The molecule has 1 aromatic heterocycles. The van der Waals surface area contributed by atoms with Crippen molar-refractivity contribution in [1.82, 2.24) is 9.97 Å². The van der Waals surface area contributed by atoms with Crippen LogP contribution in [0.3, 0.4) is 0 Å². The number of nitrogens with zero attached hydrogens (tertiary/aromatic N) is 3. The number of benzene rings is 2. The van der Waals surface area contributed by atoms with Crippen LogP contribution in [-0.4, -0.2) is 27.9 Å². The number of hydroxylamine groups is 1. The molecule has 1 aliphatic heterocycles. The summed E-state index contributed by atoms with van der Waals surface area (Å²) in [7, 11) is 0. The Kier molecular flexibility index (Phi) is 7.41. The Bertz CT molecular complexity index is 1480. The van der Waals surface area contributed by atoms with Crippen LogP contribution < -0.4 is 5.06 Å². The Balaban J connectivity index is 1.04. The van der Waals surface area contributed by atoms with Crippen molar-refractivity contribution in [2.24, 2.45) is 22.7 Å². The molecule has 5 saturated carbocycles. The first-order chi connectivity index (χ1) is 21.6. The van der Waals surface area contributed by atoms with E-state index >= 15 is 0 Å². The zero-order valence-corrected chi connectivity index (χ0v) is 25.3. The number of H-pyrrole nitrogens is 1. The molecule has 5 fully saturated rings. The van der Waals surface area contributed by atoms with Gasteiger partial charge in [-0.25, -0.2) is 14.8 Å². The third-order valence-corrected chi connectivity index (χ3v) is 10.7. The second-order valence-corrected chi connectivity index (χ2v) is 13.9. The molecule has 8 heteroatoms. The number of nitrogens with one attached hydrogen (secondary N) is 1. The van der Waals surface area contributed by atoms with Crippen molar-refractivity contribution in [3.63, 3.8) is 0 Å². The number of carbonyl (C=O) groups is 1. The molecule has 1 atom stereocenters. The van der Waals surface area contributed by atoms with E-state index in [1.807, 2.05) is 48.5 Å². The van der Waals surface area contributed by atoms with Crippen LogP contribution in [0.25, 0.3) is 0 Å². The zero-order valence-electron chi connectivity index (χ0n) is 25.3. The number of aliphatic imine (C=N–C) groups is 1. The number of rotatable bonds is 9. The largest absolute Gasteiger partial charge is 0.457 e. The third-order valence-electron chi connectivity index (χ3n) is 10.7. The van der Waals surface area contributed by atoms with Gasteiger partial charge in [-0.2, -0.15) is 5.06 Å². The normalized spacial score (nSPS) is 29.2. The maximum Gasteiger partial charge on any atom is 0.338 e. The Morgan fingerprint density at radius 3 is 2.43 bits per heavy atom. The van der Waals surface area contributed by atoms with Gasteiger partial charge in [-0.15, -0.1) is 0 Å². The molecule has 1 N–H and O–H groups in total. The van der Waals surface area contributed by atoms with Crippen molar-refractivity contribution in [2.45, 2.75) is 102 Å². The topological polar surface area (TPSA) is 89.0 Å². The molecule has 2 heterocycles. The number of imidazole rings is 1. The number of carbonyl (C=O) groups excluding carboxylic acids is 1. The standard InChI is InChI=1S/C36H42N4O4/c41-35(42-21-24-8-3-1-4-9-24)30-13-7-12-29(17-30)33-37-23-44-40(33)34-31(38-32(39-34)28-10-5-2-6-11-28)22-43-36-18-25-14-26(19-36)16-27(15-25)20-36/h1,3-4,7-9,12-13,17,23,25-28,33H,2,5-6,10-11,14-16,18-22H2,(H,38,39). The number of anilines is 1. The Labute approximate surface area is 259 Å². The lowest BCUT2D eigenvalue weighted by Gasteiger charge is -2.56. The zero-order chi connectivity index (χ0) is 29.5. The van der Waals surface area contributed by atoms with E-state index in [2.05, 4.69) is 9.98 Å². The van der Waals surface area contributed by atoms with Gasteiger partial charge in [0.05, 0.1) is 23.5 Å². The molecule has 4 bridgehead atoms. The molecule has 6 aliphatic rings. The summed E-state index contributed by atoms with van der Waals surface area (Å²) >= 11 is 0. The van der Waals surface area contributed by atoms with Gasteiger partial charge in [0.2, 0.25) is 6.40 Å². The summed E-state index contributed by atoms with van der Waals surface area (Å²) in [6.45, 7) is 0.713. The molecule has 8 nitrogen and oxygen atoms in total. The van der Waals surface area contributed by atoms with Crippen molar-refractivity contribution < 1.29 is 19.1 Å². The summed E-state index contributed by atoms with van der Waals surface area (Å²) in [5.41, 5.74) is 3.22. The SMILES string of the molecule is O=C(OCc1ccccc1)c1cccc(C2N=CON2c2nc(C3CCCCC3)[nH]c2COC23CC4CC(CC(C4)C2)C3)c1. The quantitative estimate of drug-likeness (QED) is 0.255. The molecule has 3 aromatic rings. The van der Waals surface area contributed by atoms with Gasteiger partial charge in [-0.05, 0) is 86.8 Å². The van der Waals surface area contributed by atoms with Gasteiger partial charge in [0.15, 0.2) is 12.0 Å². The van der Waals surface area contributed by atoms with Crippen LogP contribution in [0.15, 0.2) is 59.6 Å². The van der Waals surface area contributed by atoms with E-state index in [0.717, 1.165) is 59.1 Å². The number of aromatic nitrogens is 2. The van der Waals surface area contributed by atoms with Crippen molar-refractivity contribution in [3.05, 3.63) is 82.8 Å². The lowest BCUT2D eigenvalue weighted by Crippen LogP contribution is -2.51. The van der Waals surface area contributed by atoms with Gasteiger partial charge >= 0.3 is 5.97 Å². The maximum absolute atomic E-state index is 13.0. The first-order valence-electron chi connectivity index (χ1n) is 16.6. The van der Waals surface area contributed by atoms with E-state index in [-0.39, 0.29) is 18.2 Å². The average molecular weight is 595 g/mol. The van der Waals surface area contributed by atoms with E-state index in [4.69, 9.17) is 19.3 Å². The highest BCUT2D eigenvalue weighted by molar-refractivity contribution is 5.89. The maximum atomic E-state index is 13.0. The minimum atomic E-state index is -0.474. The van der Waals surface area contributed by atoms with Gasteiger partial charge in [-0.1, -0.05) is 61.7 Å². The van der Waals surface area contributed by atoms with E-state index in [1.165, 1.54) is 64.2 Å². The molecule has 0 amide bonds. The molecular weight excluding hydrogens is 552 g/mol. The summed E-state index contributed by atoms with van der Waals surface area (Å²) in [6.07, 6.45) is 14.8. The molecule has 5 aliphatic carbocycles. The second kappa shape index (κ2) is 11.7. The first-order valence-corrected chi connectivity index (χ1v) is 16.6. The summed E-state index contributed by atoms with van der Waals surface area (Å²) in [5, 5.41) is 1.77. The highest BCUT2D eigenvalue weighted by atomic mass is 16.7. The molecule has 0 saturated heterocycles. The third kappa shape index (κ3) is 5.53. The van der Waals surface area contributed by atoms with Crippen LogP contribution in [0.5, 0.6) is 0 Å². The van der Waals surface area contributed by atoms with Crippen molar-refractivity contribution in [3.8, 4) is 0 Å². The van der Waals surface area contributed by atoms with Crippen LogP contribution in [0.2, 0.25) is 0 Å². The van der Waals surface area contributed by atoms with Crippen LogP contribution in [0, 0.1) is 17.8 Å². The van der Waals surface area contributed by atoms with Gasteiger partial charge in [0.25, 0.3) is 0 Å². The fraction of sp³-hybridized carbons (Fsp3) is 0.528. The summed E-state index contributed by atoms with van der Waals surface area (Å²) in [4.78, 5) is 32.6. The monoisotopic (exact) mass is 594 g/mol. The second-order valence-electron chi connectivity index (χ2n) is 13.9. The number of ether oxygens (including phenoxy) is 2. The van der Waals surface area contributed by atoms with Gasteiger partial charge in [0.1, 0.15) is 12.4 Å². The van der Waals surface area contributed by atoms with Crippen LogP contribution in [0.4, 0.5) is 5.82 Å². The van der Waals surface area contributed by atoms with Crippen molar-refractivity contribution in [2.75, 3.05) is 5.06 Å². The lowest BCUT2D eigenvalue weighted by atomic mass is 9.54. The van der Waals surface area contributed by atoms with Gasteiger partial charge in [0, 0.05) is 11.5 Å². The smallest absolute Gasteiger partial charge is 0.338 e. The Morgan fingerprint density at radius 1 is 0.932 bits per heavy atom. The van der Waals surface area contributed by atoms with E-state index in [1.54, 1.807) is 11.1 Å². The molecule has 0 radical (unpaired) electrons. The minimum Gasteiger partial charge on any atom is -0.457 e. The molecule has 44 heavy (non-hydrogen) atoms. The first kappa shape index (κ1) is 27.9. The Hall–Kier alpha value is -3.65. The van der Waals surface area contributed by atoms with Crippen LogP contribution >= 0.6 is 0 Å². The van der Waals surface area contributed by atoms with Crippen molar-refractivity contribution in [1.29, 1.82) is 0 Å². The van der Waals surface area contributed by atoms with E-state index < -0.39 is 6.17 Å². The fourth-order valence-corrected chi connectivity index (χ4v) is 8.98. The van der Waals surface area contributed by atoms with Crippen LogP contribution in [-0.2, 0) is 27.5 Å². The van der Waals surface area contributed by atoms with Crippen LogP contribution in [0.1, 0.15) is 116 Å². The summed E-state index contributed by atoms with van der Waals surface area (Å²) < 4.78 is 12.5. The predicted octanol–water partition coefficient (Wildman–Crippen LogP) is 7.78.